The number of nitrogens with one attached hydrogen (secondary N) is 1. The van der Waals surface area contributed by atoms with Crippen LogP contribution in [-0.2, 0) is 4.74 Å². The molecule has 0 aromatic heterocycles. The molecule has 0 saturated carbocycles. The molecule has 0 spiro atoms. The molecule has 68 valence electrons. The summed E-state index contributed by atoms with van der Waals surface area (Å²) < 4.78 is 28.0. The van der Waals surface area contributed by atoms with Gasteiger partial charge >= 0.3 is 0 Å². The summed E-state index contributed by atoms with van der Waals surface area (Å²) in [6.07, 6.45) is -1.46. The highest BCUT2D eigenvalue weighted by atomic mass is 19.3. The van der Waals surface area contributed by atoms with Crippen molar-refractivity contribution in [3.63, 3.8) is 0 Å². The zero-order valence-corrected chi connectivity index (χ0v) is 6.78. The Morgan fingerprint density at radius 2 is 2.18 bits per heavy atom. The van der Waals surface area contributed by atoms with Gasteiger partial charge in [-0.2, -0.15) is 0 Å². The Balaban J connectivity index is 2.80. The molecule has 4 heteroatoms. The second-order valence-corrected chi connectivity index (χ2v) is 2.15. The van der Waals surface area contributed by atoms with Gasteiger partial charge < -0.3 is 10.1 Å². The van der Waals surface area contributed by atoms with E-state index in [-0.39, 0.29) is 6.54 Å². The first-order valence-corrected chi connectivity index (χ1v) is 3.84. The van der Waals surface area contributed by atoms with Gasteiger partial charge in [-0.15, -0.1) is 0 Å². The minimum absolute atomic E-state index is 0.216. The van der Waals surface area contributed by atoms with E-state index in [0.29, 0.717) is 19.8 Å². The Hall–Kier alpha value is -0.220. The molecular weight excluding hydrogens is 152 g/mol. The van der Waals surface area contributed by atoms with Crippen LogP contribution < -0.4 is 5.32 Å². The molecule has 0 bridgehead atoms. The highest BCUT2D eigenvalue weighted by Gasteiger charge is 1.98. The topological polar surface area (TPSA) is 21.3 Å². The summed E-state index contributed by atoms with van der Waals surface area (Å²) in [5.74, 6) is 0. The van der Waals surface area contributed by atoms with Gasteiger partial charge in [-0.05, 0) is 19.9 Å². The molecule has 0 fully saturated rings. The molecule has 0 heterocycles. The highest BCUT2D eigenvalue weighted by molar-refractivity contribution is 4.48. The number of ether oxygens (including phenoxy) is 1. The van der Waals surface area contributed by atoms with E-state index in [4.69, 9.17) is 4.74 Å². The fourth-order valence-corrected chi connectivity index (χ4v) is 0.655. The van der Waals surface area contributed by atoms with Gasteiger partial charge in [0, 0.05) is 13.2 Å². The average Bonchev–Trinajstić information content (AvgIpc) is 1.96. The summed E-state index contributed by atoms with van der Waals surface area (Å²) in [4.78, 5) is 0. The monoisotopic (exact) mass is 167 g/mol. The zero-order valence-electron chi connectivity index (χ0n) is 6.78. The van der Waals surface area contributed by atoms with Crippen molar-refractivity contribution in [3.05, 3.63) is 0 Å². The van der Waals surface area contributed by atoms with E-state index >= 15 is 0 Å². The first-order chi connectivity index (χ1) is 5.27. The lowest BCUT2D eigenvalue weighted by molar-refractivity contribution is 0.133. The minimum Gasteiger partial charge on any atom is -0.382 e. The van der Waals surface area contributed by atoms with Crippen molar-refractivity contribution in [1.29, 1.82) is 0 Å². The van der Waals surface area contributed by atoms with Crippen LogP contribution in [0.5, 0.6) is 0 Å². The van der Waals surface area contributed by atoms with Crippen LogP contribution in [0.3, 0.4) is 0 Å². The van der Waals surface area contributed by atoms with Crippen molar-refractivity contribution in [1.82, 2.24) is 5.32 Å². The summed E-state index contributed by atoms with van der Waals surface area (Å²) in [6.45, 7) is 3.63. The van der Waals surface area contributed by atoms with Crippen molar-refractivity contribution in [2.45, 2.75) is 19.8 Å². The molecule has 0 aliphatic carbocycles. The predicted octanol–water partition coefficient (Wildman–Crippen LogP) is 1.27. The Kier molecular flexibility index (Phi) is 7.72. The van der Waals surface area contributed by atoms with Crippen LogP contribution in [0.25, 0.3) is 0 Å². The third-order valence-electron chi connectivity index (χ3n) is 1.14. The highest BCUT2D eigenvalue weighted by Crippen LogP contribution is 1.87. The SMILES string of the molecule is CCOCCCNCC(F)F. The summed E-state index contributed by atoms with van der Waals surface area (Å²) >= 11 is 0. The van der Waals surface area contributed by atoms with Crippen LogP contribution >= 0.6 is 0 Å². The smallest absolute Gasteiger partial charge is 0.250 e. The van der Waals surface area contributed by atoms with Crippen LogP contribution in [0.1, 0.15) is 13.3 Å². The van der Waals surface area contributed by atoms with E-state index in [1.54, 1.807) is 0 Å². The van der Waals surface area contributed by atoms with E-state index in [0.717, 1.165) is 6.42 Å². The van der Waals surface area contributed by atoms with Crippen molar-refractivity contribution < 1.29 is 13.5 Å². The minimum atomic E-state index is -2.25. The lowest BCUT2D eigenvalue weighted by atomic mass is 10.4. The van der Waals surface area contributed by atoms with Gasteiger partial charge in [-0.1, -0.05) is 0 Å². The van der Waals surface area contributed by atoms with Gasteiger partial charge in [0.05, 0.1) is 6.54 Å². The van der Waals surface area contributed by atoms with Crippen molar-refractivity contribution in [2.75, 3.05) is 26.3 Å². The Bertz CT molecular complexity index is 80.8. The molecule has 0 saturated heterocycles. The van der Waals surface area contributed by atoms with E-state index < -0.39 is 6.43 Å². The fourth-order valence-electron chi connectivity index (χ4n) is 0.655. The first kappa shape index (κ1) is 10.8. The molecule has 0 aromatic carbocycles. The molecule has 0 amide bonds. The Labute approximate surface area is 65.9 Å². The lowest BCUT2D eigenvalue weighted by Crippen LogP contribution is -2.23. The molecule has 0 atom stereocenters. The first-order valence-electron chi connectivity index (χ1n) is 3.84. The van der Waals surface area contributed by atoms with Gasteiger partial charge in [-0.25, -0.2) is 8.78 Å². The number of halogens is 2. The molecule has 0 radical (unpaired) electrons. The largest absolute Gasteiger partial charge is 0.382 e. The quantitative estimate of drug-likeness (QED) is 0.576. The van der Waals surface area contributed by atoms with Crippen LogP contribution in [-0.4, -0.2) is 32.7 Å². The van der Waals surface area contributed by atoms with Crippen LogP contribution in [0, 0.1) is 0 Å². The Morgan fingerprint density at radius 3 is 2.73 bits per heavy atom. The zero-order chi connectivity index (χ0) is 8.53. The number of hydrogen-bond donors (Lipinski definition) is 1. The summed E-state index contributed by atoms with van der Waals surface area (Å²) in [7, 11) is 0. The van der Waals surface area contributed by atoms with Crippen molar-refractivity contribution >= 4 is 0 Å². The molecule has 1 N–H and O–H groups in total. The molecule has 0 aliphatic heterocycles. The normalized spacial score (nSPS) is 10.9. The lowest BCUT2D eigenvalue weighted by Gasteiger charge is -2.03. The molecule has 0 aromatic rings. The number of alkyl halides is 2. The standard InChI is InChI=1S/C7H15F2NO/c1-2-11-5-3-4-10-6-7(8)9/h7,10H,2-6H2,1H3. The third kappa shape index (κ3) is 9.78. The molecule has 0 unspecified atom stereocenters. The van der Waals surface area contributed by atoms with Crippen molar-refractivity contribution in [2.24, 2.45) is 0 Å². The summed E-state index contributed by atoms with van der Waals surface area (Å²) in [5.41, 5.74) is 0. The van der Waals surface area contributed by atoms with E-state index in [2.05, 4.69) is 5.32 Å². The van der Waals surface area contributed by atoms with E-state index in [1.165, 1.54) is 0 Å². The molecule has 0 rings (SSSR count). The van der Waals surface area contributed by atoms with E-state index in [9.17, 15) is 8.78 Å². The predicted molar refractivity (Wildman–Crippen MR) is 40.0 cm³/mol. The molecule has 0 aliphatic rings. The second kappa shape index (κ2) is 7.88. The number of hydrogen-bond acceptors (Lipinski definition) is 2. The number of rotatable bonds is 7. The maximum absolute atomic E-state index is 11.5. The van der Waals surface area contributed by atoms with Crippen LogP contribution in [0.4, 0.5) is 8.78 Å². The molecular formula is C7H15F2NO. The summed E-state index contributed by atoms with van der Waals surface area (Å²) in [6, 6.07) is 0. The maximum atomic E-state index is 11.5. The third-order valence-corrected chi connectivity index (χ3v) is 1.14. The van der Waals surface area contributed by atoms with Gasteiger partial charge in [-0.3, -0.25) is 0 Å². The molecule has 11 heavy (non-hydrogen) atoms. The van der Waals surface area contributed by atoms with Gasteiger partial charge in [0.25, 0.3) is 6.43 Å². The van der Waals surface area contributed by atoms with Crippen molar-refractivity contribution in [3.8, 4) is 0 Å². The fraction of sp³-hybridized carbons (Fsp3) is 1.00. The van der Waals surface area contributed by atoms with Crippen LogP contribution in [0.15, 0.2) is 0 Å². The maximum Gasteiger partial charge on any atom is 0.250 e. The molecule has 2 nitrogen and oxygen atoms in total. The van der Waals surface area contributed by atoms with Gasteiger partial charge in [0.15, 0.2) is 0 Å². The van der Waals surface area contributed by atoms with Gasteiger partial charge in [0.1, 0.15) is 0 Å². The van der Waals surface area contributed by atoms with Crippen LogP contribution in [0.2, 0.25) is 0 Å². The average molecular weight is 167 g/mol. The van der Waals surface area contributed by atoms with E-state index in [1.807, 2.05) is 6.92 Å². The second-order valence-electron chi connectivity index (χ2n) is 2.15. The summed E-state index contributed by atoms with van der Waals surface area (Å²) in [5, 5.41) is 2.61. The van der Waals surface area contributed by atoms with Gasteiger partial charge in [0.2, 0.25) is 0 Å². The Morgan fingerprint density at radius 1 is 1.45 bits per heavy atom.